The number of hydrogen-bond donors (Lipinski definition) is 2. The number of nitrogens with zero attached hydrogens (tertiary/aromatic N) is 1. The van der Waals surface area contributed by atoms with Gasteiger partial charge in [-0.15, -0.1) is 0 Å². The van der Waals surface area contributed by atoms with Crippen LogP contribution in [0.15, 0.2) is 35.1 Å². The first kappa shape index (κ1) is 9.26. The zero-order valence-electron chi connectivity index (χ0n) is 7.68. The number of carboxylic acids is 1. The maximum Gasteiger partial charge on any atom is 0.337 e. The molecular formula is C10H8N2O3. The fraction of sp³-hybridized carbons (Fsp3) is 0. The maximum atomic E-state index is 10.8. The standard InChI is InChI=1S/C10H8N2O3/c11-8-6(9-12-4-5-15-9)2-1-3-7(8)10(13)14/h1-5H,11H2,(H,13,14). The van der Waals surface area contributed by atoms with E-state index >= 15 is 0 Å². The molecule has 0 aliphatic heterocycles. The lowest BCUT2D eigenvalue weighted by molar-refractivity contribution is 0.0698. The molecule has 1 heterocycles. The fourth-order valence-corrected chi connectivity index (χ4v) is 1.29. The topological polar surface area (TPSA) is 89.4 Å². The first-order chi connectivity index (χ1) is 7.20. The van der Waals surface area contributed by atoms with Gasteiger partial charge in [0.05, 0.1) is 23.0 Å². The molecule has 0 bridgehead atoms. The number of rotatable bonds is 2. The second-order valence-electron chi connectivity index (χ2n) is 2.91. The lowest BCUT2D eigenvalue weighted by atomic mass is 10.1. The predicted octanol–water partition coefficient (Wildman–Crippen LogP) is 1.62. The van der Waals surface area contributed by atoms with Crippen LogP contribution < -0.4 is 5.73 Å². The lowest BCUT2D eigenvalue weighted by Crippen LogP contribution is -2.03. The third kappa shape index (κ3) is 1.54. The molecule has 0 atom stereocenters. The van der Waals surface area contributed by atoms with Crippen molar-refractivity contribution < 1.29 is 14.3 Å². The predicted molar refractivity (Wildman–Crippen MR) is 53.3 cm³/mol. The minimum atomic E-state index is -1.07. The largest absolute Gasteiger partial charge is 0.478 e. The van der Waals surface area contributed by atoms with Gasteiger partial charge in [-0.3, -0.25) is 0 Å². The number of hydrogen-bond acceptors (Lipinski definition) is 4. The van der Waals surface area contributed by atoms with Crippen LogP contribution in [0.4, 0.5) is 5.69 Å². The molecule has 2 rings (SSSR count). The van der Waals surface area contributed by atoms with Crippen molar-refractivity contribution in [3.63, 3.8) is 0 Å². The molecule has 3 N–H and O–H groups in total. The second kappa shape index (κ2) is 3.45. The summed E-state index contributed by atoms with van der Waals surface area (Å²) in [5, 5.41) is 8.86. The van der Waals surface area contributed by atoms with Gasteiger partial charge >= 0.3 is 5.97 Å². The van der Waals surface area contributed by atoms with Crippen LogP contribution in [0.2, 0.25) is 0 Å². The molecule has 76 valence electrons. The van der Waals surface area contributed by atoms with E-state index < -0.39 is 5.97 Å². The van der Waals surface area contributed by atoms with Crippen molar-refractivity contribution in [1.82, 2.24) is 4.98 Å². The van der Waals surface area contributed by atoms with Gasteiger partial charge in [-0.1, -0.05) is 6.07 Å². The van der Waals surface area contributed by atoms with Crippen molar-refractivity contribution in [3.8, 4) is 11.5 Å². The van der Waals surface area contributed by atoms with Crippen LogP contribution in [-0.4, -0.2) is 16.1 Å². The van der Waals surface area contributed by atoms with Crippen molar-refractivity contribution in [2.24, 2.45) is 0 Å². The number of carbonyl (C=O) groups is 1. The van der Waals surface area contributed by atoms with Crippen molar-refractivity contribution in [2.45, 2.75) is 0 Å². The van der Waals surface area contributed by atoms with E-state index in [1.165, 1.54) is 18.5 Å². The third-order valence-electron chi connectivity index (χ3n) is 2.00. The van der Waals surface area contributed by atoms with Crippen LogP contribution in [0.3, 0.4) is 0 Å². The number of oxazole rings is 1. The smallest absolute Gasteiger partial charge is 0.337 e. The zero-order valence-corrected chi connectivity index (χ0v) is 7.68. The molecule has 0 unspecified atom stereocenters. The highest BCUT2D eigenvalue weighted by atomic mass is 16.4. The van der Waals surface area contributed by atoms with E-state index in [9.17, 15) is 4.79 Å². The number of nitrogen functional groups attached to an aromatic ring is 1. The van der Waals surface area contributed by atoms with Crippen molar-refractivity contribution in [3.05, 3.63) is 36.2 Å². The Balaban J connectivity index is 2.59. The van der Waals surface area contributed by atoms with E-state index in [1.807, 2.05) is 0 Å². The quantitative estimate of drug-likeness (QED) is 0.725. The molecule has 0 fully saturated rings. The summed E-state index contributed by atoms with van der Waals surface area (Å²) in [5.41, 5.74) is 6.39. The van der Waals surface area contributed by atoms with Crippen LogP contribution in [0, 0.1) is 0 Å². The van der Waals surface area contributed by atoms with Gasteiger partial charge in [-0.05, 0) is 12.1 Å². The lowest BCUT2D eigenvalue weighted by Gasteiger charge is -2.04. The highest BCUT2D eigenvalue weighted by Crippen LogP contribution is 2.27. The Morgan fingerprint density at radius 2 is 2.27 bits per heavy atom. The van der Waals surface area contributed by atoms with Crippen LogP contribution >= 0.6 is 0 Å². The van der Waals surface area contributed by atoms with Crippen molar-refractivity contribution in [2.75, 3.05) is 5.73 Å². The molecule has 1 aromatic carbocycles. The maximum absolute atomic E-state index is 10.8. The minimum Gasteiger partial charge on any atom is -0.478 e. The normalized spacial score (nSPS) is 10.1. The van der Waals surface area contributed by atoms with Gasteiger partial charge in [0.1, 0.15) is 6.26 Å². The van der Waals surface area contributed by atoms with Gasteiger partial charge in [0.25, 0.3) is 0 Å². The summed E-state index contributed by atoms with van der Waals surface area (Å²) >= 11 is 0. The molecular weight excluding hydrogens is 196 g/mol. The Bertz CT molecular complexity index is 491. The molecule has 0 aliphatic carbocycles. The van der Waals surface area contributed by atoms with Gasteiger partial charge in [0.15, 0.2) is 0 Å². The molecule has 0 amide bonds. The van der Waals surface area contributed by atoms with Gasteiger partial charge in [-0.2, -0.15) is 0 Å². The van der Waals surface area contributed by atoms with E-state index in [0.717, 1.165) is 0 Å². The Morgan fingerprint density at radius 3 is 2.87 bits per heavy atom. The van der Waals surface area contributed by atoms with Gasteiger partial charge in [0.2, 0.25) is 5.89 Å². The van der Waals surface area contributed by atoms with Crippen molar-refractivity contribution >= 4 is 11.7 Å². The summed E-state index contributed by atoms with van der Waals surface area (Å²) in [4.78, 5) is 14.7. The van der Waals surface area contributed by atoms with Gasteiger partial charge < -0.3 is 15.3 Å². The van der Waals surface area contributed by atoms with Gasteiger partial charge in [0, 0.05) is 0 Å². The number of aromatic carboxylic acids is 1. The Hall–Kier alpha value is -2.30. The first-order valence-corrected chi connectivity index (χ1v) is 4.22. The number of anilines is 1. The fourth-order valence-electron chi connectivity index (χ4n) is 1.29. The summed E-state index contributed by atoms with van der Waals surface area (Å²) < 4.78 is 5.05. The minimum absolute atomic E-state index is 0.0469. The van der Waals surface area contributed by atoms with Gasteiger partial charge in [-0.25, -0.2) is 9.78 Å². The zero-order chi connectivity index (χ0) is 10.8. The highest BCUT2D eigenvalue weighted by molar-refractivity contribution is 5.97. The molecule has 2 aromatic rings. The molecule has 1 aromatic heterocycles. The summed E-state index contributed by atoms with van der Waals surface area (Å²) in [6.45, 7) is 0. The first-order valence-electron chi connectivity index (χ1n) is 4.22. The average Bonchev–Trinajstić information content (AvgIpc) is 2.70. The SMILES string of the molecule is Nc1c(C(=O)O)cccc1-c1ncco1. The summed E-state index contributed by atoms with van der Waals surface area (Å²) in [5.74, 6) is -0.753. The van der Waals surface area contributed by atoms with Crippen LogP contribution in [0.1, 0.15) is 10.4 Å². The molecule has 15 heavy (non-hydrogen) atoms. The summed E-state index contributed by atoms with van der Waals surface area (Å²) in [7, 11) is 0. The van der Waals surface area contributed by atoms with E-state index in [2.05, 4.69) is 4.98 Å². The van der Waals surface area contributed by atoms with Crippen LogP contribution in [0.5, 0.6) is 0 Å². The Labute approximate surface area is 85.2 Å². The van der Waals surface area contributed by atoms with E-state index in [-0.39, 0.29) is 11.3 Å². The number of benzene rings is 1. The molecule has 0 spiro atoms. The Kier molecular flexibility index (Phi) is 2.13. The number of nitrogens with two attached hydrogens (primary N) is 1. The highest BCUT2D eigenvalue weighted by Gasteiger charge is 2.14. The number of carboxylic acid groups (broad SMARTS) is 1. The number of aromatic nitrogens is 1. The molecule has 0 saturated carbocycles. The molecule has 0 saturated heterocycles. The summed E-state index contributed by atoms with van der Waals surface area (Å²) in [6.07, 6.45) is 2.88. The number of para-hydroxylation sites is 1. The summed E-state index contributed by atoms with van der Waals surface area (Å²) in [6, 6.07) is 4.69. The molecule has 0 aliphatic rings. The second-order valence-corrected chi connectivity index (χ2v) is 2.91. The molecule has 5 heteroatoms. The van der Waals surface area contributed by atoms with E-state index in [4.69, 9.17) is 15.3 Å². The average molecular weight is 204 g/mol. The Morgan fingerprint density at radius 1 is 1.47 bits per heavy atom. The van der Waals surface area contributed by atoms with Crippen LogP contribution in [0.25, 0.3) is 11.5 Å². The van der Waals surface area contributed by atoms with E-state index in [1.54, 1.807) is 12.1 Å². The third-order valence-corrected chi connectivity index (χ3v) is 2.00. The van der Waals surface area contributed by atoms with E-state index in [0.29, 0.717) is 11.5 Å². The molecule has 5 nitrogen and oxygen atoms in total. The monoisotopic (exact) mass is 204 g/mol. The van der Waals surface area contributed by atoms with Crippen molar-refractivity contribution in [1.29, 1.82) is 0 Å². The molecule has 0 radical (unpaired) electrons. The van der Waals surface area contributed by atoms with Crippen LogP contribution in [-0.2, 0) is 0 Å².